The summed E-state index contributed by atoms with van der Waals surface area (Å²) in [5.41, 5.74) is 1.51. The summed E-state index contributed by atoms with van der Waals surface area (Å²) in [6.07, 6.45) is 0. The lowest BCUT2D eigenvalue weighted by molar-refractivity contribution is 1.34. The highest BCUT2D eigenvalue weighted by Crippen LogP contribution is 2.47. The summed E-state index contributed by atoms with van der Waals surface area (Å²) in [5.74, 6) is 1.11. The highest BCUT2D eigenvalue weighted by atomic mass is 33.1. The van der Waals surface area contributed by atoms with Crippen LogP contribution >= 0.6 is 21.6 Å². The largest absolute Gasteiger partial charge is 0.0841 e. The molecule has 1 aliphatic heterocycles. The second kappa shape index (κ2) is 5.17. The summed E-state index contributed by atoms with van der Waals surface area (Å²) in [5, 5.41) is 10.7. The van der Waals surface area contributed by atoms with Crippen LogP contribution < -0.4 is 0 Å². The lowest BCUT2D eigenvalue weighted by Gasteiger charge is -2.09. The first-order valence-corrected chi connectivity index (χ1v) is 10.8. The average molecular weight is 354 g/mol. The standard InChI is InChI=1S/C23H14S2/c1-2-4-15-8-18-11-20-12-21-16(5-6-23-22(21)13-24-25-23)9-19(20)10-17(18)7-14(15)3-1/h1-12H,13H2. The van der Waals surface area contributed by atoms with E-state index in [1.54, 1.807) is 0 Å². The van der Waals surface area contributed by atoms with Gasteiger partial charge in [-0.05, 0) is 91.1 Å². The van der Waals surface area contributed by atoms with Gasteiger partial charge in [-0.2, -0.15) is 0 Å². The summed E-state index contributed by atoms with van der Waals surface area (Å²) < 4.78 is 0. The third-order valence-electron chi connectivity index (χ3n) is 5.22. The minimum Gasteiger partial charge on any atom is -0.0841 e. The molecule has 0 saturated heterocycles. The first kappa shape index (κ1) is 14.1. The molecular formula is C23H14S2. The van der Waals surface area contributed by atoms with E-state index in [1.807, 2.05) is 21.6 Å². The molecule has 0 aromatic heterocycles. The van der Waals surface area contributed by atoms with Gasteiger partial charge in [-0.1, -0.05) is 51.9 Å². The minimum absolute atomic E-state index is 1.11. The van der Waals surface area contributed by atoms with E-state index in [4.69, 9.17) is 0 Å². The third kappa shape index (κ3) is 2.11. The van der Waals surface area contributed by atoms with Crippen LogP contribution in [-0.2, 0) is 5.75 Å². The van der Waals surface area contributed by atoms with Gasteiger partial charge in [-0.3, -0.25) is 0 Å². The highest BCUT2D eigenvalue weighted by Gasteiger charge is 2.15. The Labute approximate surface area is 153 Å². The molecule has 0 fully saturated rings. The molecule has 5 aromatic carbocycles. The molecule has 25 heavy (non-hydrogen) atoms. The van der Waals surface area contributed by atoms with E-state index < -0.39 is 0 Å². The van der Waals surface area contributed by atoms with Crippen LogP contribution in [0, 0.1) is 0 Å². The molecule has 5 aromatic rings. The Morgan fingerprint density at radius 1 is 0.560 bits per heavy atom. The molecule has 0 unspecified atom stereocenters. The molecule has 0 N–H and O–H groups in total. The van der Waals surface area contributed by atoms with Gasteiger partial charge in [0.2, 0.25) is 0 Å². The smallest absolute Gasteiger partial charge is 0.0309 e. The molecule has 0 bridgehead atoms. The fraction of sp³-hybridized carbons (Fsp3) is 0.0435. The van der Waals surface area contributed by atoms with Crippen LogP contribution in [0.1, 0.15) is 5.56 Å². The lowest BCUT2D eigenvalue weighted by Crippen LogP contribution is -1.85. The van der Waals surface area contributed by atoms with Crippen molar-refractivity contribution >= 4 is 64.7 Å². The second-order valence-corrected chi connectivity index (χ2v) is 9.04. The molecule has 1 heterocycles. The molecule has 2 heteroatoms. The van der Waals surface area contributed by atoms with Crippen LogP contribution in [0.5, 0.6) is 0 Å². The Balaban J connectivity index is 1.72. The predicted molar refractivity (Wildman–Crippen MR) is 114 cm³/mol. The normalized spacial score (nSPS) is 13.9. The van der Waals surface area contributed by atoms with Gasteiger partial charge < -0.3 is 0 Å². The van der Waals surface area contributed by atoms with Crippen LogP contribution in [0.4, 0.5) is 0 Å². The van der Waals surface area contributed by atoms with Gasteiger partial charge in [0, 0.05) is 10.6 Å². The Hall–Kier alpha value is -2.16. The van der Waals surface area contributed by atoms with Gasteiger partial charge in [-0.25, -0.2) is 0 Å². The van der Waals surface area contributed by atoms with Gasteiger partial charge in [0.25, 0.3) is 0 Å². The van der Waals surface area contributed by atoms with Gasteiger partial charge in [0.05, 0.1) is 0 Å². The first-order chi connectivity index (χ1) is 12.3. The maximum atomic E-state index is 2.39. The molecule has 0 nitrogen and oxygen atoms in total. The van der Waals surface area contributed by atoms with Gasteiger partial charge in [-0.15, -0.1) is 0 Å². The maximum absolute atomic E-state index is 2.39. The number of hydrogen-bond acceptors (Lipinski definition) is 2. The minimum atomic E-state index is 1.11. The molecular weight excluding hydrogens is 340 g/mol. The second-order valence-electron chi connectivity index (χ2n) is 6.71. The van der Waals surface area contributed by atoms with Crippen molar-refractivity contribution in [2.75, 3.05) is 0 Å². The molecule has 0 radical (unpaired) electrons. The molecule has 0 spiro atoms. The fourth-order valence-electron chi connectivity index (χ4n) is 3.94. The third-order valence-corrected chi connectivity index (χ3v) is 7.55. The summed E-state index contributed by atoms with van der Waals surface area (Å²) in [6, 6.07) is 27.2. The highest BCUT2D eigenvalue weighted by molar-refractivity contribution is 8.76. The first-order valence-electron chi connectivity index (χ1n) is 8.47. The predicted octanol–water partition coefficient (Wildman–Crippen LogP) is 7.55. The molecule has 6 rings (SSSR count). The van der Waals surface area contributed by atoms with E-state index in [-0.39, 0.29) is 0 Å². The summed E-state index contributed by atoms with van der Waals surface area (Å²) in [4.78, 5) is 1.43. The molecule has 0 saturated carbocycles. The number of fused-ring (bicyclic) bond motifs is 6. The van der Waals surface area contributed by atoms with Gasteiger partial charge in [0.1, 0.15) is 0 Å². The summed E-state index contributed by atoms with van der Waals surface area (Å²) in [6.45, 7) is 0. The maximum Gasteiger partial charge on any atom is 0.0309 e. The van der Waals surface area contributed by atoms with Crippen LogP contribution in [0.25, 0.3) is 43.1 Å². The van der Waals surface area contributed by atoms with Gasteiger partial charge in [0.15, 0.2) is 0 Å². The average Bonchev–Trinajstić information content (AvgIpc) is 3.12. The van der Waals surface area contributed by atoms with Crippen molar-refractivity contribution in [1.29, 1.82) is 0 Å². The van der Waals surface area contributed by atoms with E-state index in [0.29, 0.717) is 0 Å². The van der Waals surface area contributed by atoms with E-state index in [2.05, 4.69) is 72.8 Å². The van der Waals surface area contributed by atoms with Crippen LogP contribution in [0.15, 0.2) is 77.7 Å². The lowest BCUT2D eigenvalue weighted by atomic mass is 9.96. The number of hydrogen-bond donors (Lipinski definition) is 0. The number of benzene rings is 5. The van der Waals surface area contributed by atoms with Crippen molar-refractivity contribution in [3.8, 4) is 0 Å². The number of rotatable bonds is 0. The topological polar surface area (TPSA) is 0 Å². The zero-order chi connectivity index (χ0) is 16.4. The van der Waals surface area contributed by atoms with Crippen molar-refractivity contribution in [2.24, 2.45) is 0 Å². The summed E-state index contributed by atoms with van der Waals surface area (Å²) >= 11 is 0. The van der Waals surface area contributed by atoms with Crippen LogP contribution in [0.3, 0.4) is 0 Å². The Morgan fingerprint density at radius 2 is 1.16 bits per heavy atom. The fourth-order valence-corrected chi connectivity index (χ4v) is 6.43. The Bertz CT molecular complexity index is 1320. The zero-order valence-electron chi connectivity index (χ0n) is 13.5. The van der Waals surface area contributed by atoms with Crippen molar-refractivity contribution in [3.63, 3.8) is 0 Å². The van der Waals surface area contributed by atoms with Crippen molar-refractivity contribution in [2.45, 2.75) is 10.6 Å². The van der Waals surface area contributed by atoms with E-state index in [1.165, 1.54) is 53.5 Å². The van der Waals surface area contributed by atoms with E-state index in [9.17, 15) is 0 Å². The van der Waals surface area contributed by atoms with E-state index >= 15 is 0 Å². The van der Waals surface area contributed by atoms with Crippen LogP contribution in [0.2, 0.25) is 0 Å². The molecule has 0 atom stereocenters. The molecule has 0 amide bonds. The quantitative estimate of drug-likeness (QED) is 0.208. The molecule has 1 aliphatic rings. The van der Waals surface area contributed by atoms with Crippen molar-refractivity contribution < 1.29 is 0 Å². The van der Waals surface area contributed by atoms with Crippen molar-refractivity contribution in [1.82, 2.24) is 0 Å². The van der Waals surface area contributed by atoms with Crippen LogP contribution in [-0.4, -0.2) is 0 Å². The van der Waals surface area contributed by atoms with Gasteiger partial charge >= 0.3 is 0 Å². The zero-order valence-corrected chi connectivity index (χ0v) is 15.1. The van der Waals surface area contributed by atoms with E-state index in [0.717, 1.165) is 5.75 Å². The molecule has 0 aliphatic carbocycles. The Morgan fingerprint density at radius 3 is 1.88 bits per heavy atom. The van der Waals surface area contributed by atoms with Crippen molar-refractivity contribution in [3.05, 3.63) is 78.4 Å². The monoisotopic (exact) mass is 354 g/mol. The molecule has 118 valence electrons. The SMILES string of the molecule is c1ccc2cc3cc4cc5c6c(ccc5cc4cc3cc2c1)SSC6. The summed E-state index contributed by atoms with van der Waals surface area (Å²) in [7, 11) is 3.85. The Kier molecular flexibility index (Phi) is 2.91.